The Bertz CT molecular complexity index is 375. The molecule has 3 heterocycles. The molecule has 3 saturated heterocycles. The molecule has 0 saturated carbocycles. The predicted octanol–water partition coefficient (Wildman–Crippen LogP) is 3.26. The van der Waals surface area contributed by atoms with Gasteiger partial charge < -0.3 is 14.7 Å². The predicted molar refractivity (Wildman–Crippen MR) is 103 cm³/mol. The van der Waals surface area contributed by atoms with Crippen molar-refractivity contribution >= 4 is 0 Å². The summed E-state index contributed by atoms with van der Waals surface area (Å²) >= 11 is 0. The van der Waals surface area contributed by atoms with Crippen LogP contribution in [0.5, 0.6) is 0 Å². The minimum atomic E-state index is 0.892. The Morgan fingerprint density at radius 3 is 1.83 bits per heavy atom. The molecule has 0 spiro atoms. The van der Waals surface area contributed by atoms with Crippen molar-refractivity contribution in [3.05, 3.63) is 0 Å². The van der Waals surface area contributed by atoms with E-state index in [2.05, 4.69) is 42.8 Å². The van der Waals surface area contributed by atoms with Crippen LogP contribution < -0.4 is 0 Å². The van der Waals surface area contributed by atoms with Crippen molar-refractivity contribution in [2.75, 3.05) is 60.4 Å². The van der Waals surface area contributed by atoms with Gasteiger partial charge in [0.05, 0.1) is 0 Å². The highest BCUT2D eigenvalue weighted by atomic mass is 15.1. The lowest BCUT2D eigenvalue weighted by atomic mass is 9.76. The van der Waals surface area contributed by atoms with Crippen LogP contribution in [0.3, 0.4) is 0 Å². The van der Waals surface area contributed by atoms with Crippen LogP contribution in [0, 0.1) is 29.6 Å². The molecule has 24 heavy (non-hydrogen) atoms. The summed E-state index contributed by atoms with van der Waals surface area (Å²) in [4.78, 5) is 7.76. The lowest BCUT2D eigenvalue weighted by Gasteiger charge is -2.41. The Balaban J connectivity index is 1.49. The third-order valence-corrected chi connectivity index (χ3v) is 6.79. The number of hydrogen-bond acceptors (Lipinski definition) is 3. The minimum Gasteiger partial charge on any atom is -0.306 e. The first-order valence-corrected chi connectivity index (χ1v) is 10.5. The Morgan fingerprint density at radius 1 is 0.667 bits per heavy atom. The summed E-state index contributed by atoms with van der Waals surface area (Å²) in [5, 5.41) is 0. The van der Waals surface area contributed by atoms with E-state index in [0.717, 1.165) is 29.6 Å². The summed E-state index contributed by atoms with van der Waals surface area (Å²) in [6, 6.07) is 0. The van der Waals surface area contributed by atoms with Crippen LogP contribution in [0.25, 0.3) is 0 Å². The second kappa shape index (κ2) is 8.51. The van der Waals surface area contributed by atoms with Crippen LogP contribution in [0.15, 0.2) is 0 Å². The first kappa shape index (κ1) is 18.7. The van der Waals surface area contributed by atoms with E-state index < -0.39 is 0 Å². The number of rotatable bonds is 4. The van der Waals surface area contributed by atoms with Crippen molar-refractivity contribution in [3.8, 4) is 0 Å². The van der Waals surface area contributed by atoms with Crippen molar-refractivity contribution < 1.29 is 0 Å². The smallest absolute Gasteiger partial charge is 0.000694 e. The molecule has 0 amide bonds. The van der Waals surface area contributed by atoms with Crippen molar-refractivity contribution in [1.29, 1.82) is 0 Å². The van der Waals surface area contributed by atoms with Crippen molar-refractivity contribution in [3.63, 3.8) is 0 Å². The monoisotopic (exact) mass is 335 g/mol. The molecule has 0 N–H and O–H groups in total. The van der Waals surface area contributed by atoms with Gasteiger partial charge in [0.25, 0.3) is 0 Å². The summed E-state index contributed by atoms with van der Waals surface area (Å²) in [7, 11) is 6.99. The van der Waals surface area contributed by atoms with Gasteiger partial charge in [0.2, 0.25) is 0 Å². The second-order valence-corrected chi connectivity index (χ2v) is 9.86. The third kappa shape index (κ3) is 5.44. The average molecular weight is 336 g/mol. The summed E-state index contributed by atoms with van der Waals surface area (Å²) in [5.41, 5.74) is 0. The van der Waals surface area contributed by atoms with Gasteiger partial charge in [-0.25, -0.2) is 0 Å². The SMILES string of the molecule is CC1CC(C[C@@H]2CC(C[C@H]3CCCN(C)C3)CN(C)C2)CN(C)C1. The fourth-order valence-electron chi connectivity index (χ4n) is 6.26. The maximum absolute atomic E-state index is 2.64. The van der Waals surface area contributed by atoms with E-state index in [4.69, 9.17) is 0 Å². The molecule has 3 nitrogen and oxygen atoms in total. The molecule has 5 atom stereocenters. The van der Waals surface area contributed by atoms with E-state index in [1.54, 1.807) is 0 Å². The normalized spacial score (nSPS) is 40.8. The van der Waals surface area contributed by atoms with Crippen LogP contribution in [0.2, 0.25) is 0 Å². The van der Waals surface area contributed by atoms with Crippen LogP contribution in [-0.4, -0.2) is 75.1 Å². The number of nitrogens with zero attached hydrogens (tertiary/aromatic N) is 3. The Labute approximate surface area is 150 Å². The minimum absolute atomic E-state index is 0.892. The first-order valence-electron chi connectivity index (χ1n) is 10.5. The highest BCUT2D eigenvalue weighted by Crippen LogP contribution is 2.34. The Hall–Kier alpha value is -0.120. The number of piperidine rings is 3. The molecule has 0 radical (unpaired) electrons. The van der Waals surface area contributed by atoms with E-state index in [0.29, 0.717) is 0 Å². The van der Waals surface area contributed by atoms with Gasteiger partial charge in [-0.1, -0.05) is 6.92 Å². The van der Waals surface area contributed by atoms with Gasteiger partial charge in [-0.3, -0.25) is 0 Å². The van der Waals surface area contributed by atoms with E-state index in [9.17, 15) is 0 Å². The van der Waals surface area contributed by atoms with Crippen LogP contribution in [0.1, 0.15) is 45.4 Å². The summed E-state index contributed by atoms with van der Waals surface area (Å²) in [6.45, 7) is 10.4. The second-order valence-electron chi connectivity index (χ2n) is 9.86. The molecular weight excluding hydrogens is 294 g/mol. The zero-order chi connectivity index (χ0) is 17.1. The largest absolute Gasteiger partial charge is 0.306 e. The molecular formula is C21H41N3. The standard InChI is InChI=1S/C21H41N3/c1-17-8-19(14-23(3)12-17)10-21-11-20(15-24(4)16-21)9-18-6-5-7-22(2)13-18/h17-21H,5-16H2,1-4H3/t17?,18-,19?,20?,21-/m1/s1. The van der Waals surface area contributed by atoms with E-state index in [1.165, 1.54) is 77.8 Å². The molecule has 0 aromatic rings. The van der Waals surface area contributed by atoms with E-state index >= 15 is 0 Å². The maximum Gasteiger partial charge on any atom is 0.000694 e. The van der Waals surface area contributed by atoms with E-state index in [-0.39, 0.29) is 0 Å². The zero-order valence-electron chi connectivity index (χ0n) is 16.7. The van der Waals surface area contributed by atoms with Crippen LogP contribution in [-0.2, 0) is 0 Å². The first-order chi connectivity index (χ1) is 11.5. The molecule has 3 rings (SSSR count). The summed E-state index contributed by atoms with van der Waals surface area (Å²) in [5.74, 6) is 4.69. The Kier molecular flexibility index (Phi) is 6.62. The van der Waals surface area contributed by atoms with Gasteiger partial charge in [0.15, 0.2) is 0 Å². The molecule has 0 aliphatic carbocycles. The summed E-state index contributed by atoms with van der Waals surface area (Å²) < 4.78 is 0. The van der Waals surface area contributed by atoms with Gasteiger partial charge in [0.1, 0.15) is 0 Å². The fourth-order valence-corrected chi connectivity index (χ4v) is 6.26. The Morgan fingerprint density at radius 2 is 1.21 bits per heavy atom. The van der Waals surface area contributed by atoms with Gasteiger partial charge in [0, 0.05) is 32.7 Å². The number of likely N-dealkylation sites (tertiary alicyclic amines) is 3. The molecule has 140 valence electrons. The van der Waals surface area contributed by atoms with Gasteiger partial charge in [-0.05, 0) is 95.8 Å². The molecule has 3 unspecified atom stereocenters. The zero-order valence-corrected chi connectivity index (χ0v) is 16.7. The lowest BCUT2D eigenvalue weighted by Crippen LogP contribution is -2.43. The highest BCUT2D eigenvalue weighted by molar-refractivity contribution is 4.84. The molecule has 0 aromatic heterocycles. The van der Waals surface area contributed by atoms with Gasteiger partial charge in [-0.2, -0.15) is 0 Å². The maximum atomic E-state index is 2.64. The van der Waals surface area contributed by atoms with Gasteiger partial charge in [-0.15, -0.1) is 0 Å². The highest BCUT2D eigenvalue weighted by Gasteiger charge is 2.31. The molecule has 3 aliphatic rings. The summed E-state index contributed by atoms with van der Waals surface area (Å²) in [6.07, 6.45) is 8.80. The van der Waals surface area contributed by atoms with Crippen LogP contribution >= 0.6 is 0 Å². The van der Waals surface area contributed by atoms with Gasteiger partial charge >= 0.3 is 0 Å². The lowest BCUT2D eigenvalue weighted by molar-refractivity contribution is 0.0815. The molecule has 0 bridgehead atoms. The topological polar surface area (TPSA) is 9.72 Å². The van der Waals surface area contributed by atoms with Crippen LogP contribution in [0.4, 0.5) is 0 Å². The molecule has 0 aromatic carbocycles. The van der Waals surface area contributed by atoms with Crippen molar-refractivity contribution in [2.24, 2.45) is 29.6 Å². The third-order valence-electron chi connectivity index (χ3n) is 6.79. The van der Waals surface area contributed by atoms with Crippen molar-refractivity contribution in [2.45, 2.75) is 45.4 Å². The van der Waals surface area contributed by atoms with E-state index in [1.807, 2.05) is 0 Å². The number of hydrogen-bond donors (Lipinski definition) is 0. The fraction of sp³-hybridized carbons (Fsp3) is 1.00. The molecule has 3 fully saturated rings. The van der Waals surface area contributed by atoms with Crippen molar-refractivity contribution in [1.82, 2.24) is 14.7 Å². The molecule has 3 heteroatoms. The average Bonchev–Trinajstić information content (AvgIpc) is 2.45. The molecule has 3 aliphatic heterocycles. The quantitative estimate of drug-likeness (QED) is 0.781.